The van der Waals surface area contributed by atoms with Crippen LogP contribution >= 0.6 is 22.9 Å². The second-order valence-corrected chi connectivity index (χ2v) is 6.45. The molecule has 3 heteroatoms. The van der Waals surface area contributed by atoms with Crippen molar-refractivity contribution in [2.75, 3.05) is 6.54 Å². The lowest BCUT2D eigenvalue weighted by atomic mass is 10.2. The molecule has 0 aliphatic heterocycles. The summed E-state index contributed by atoms with van der Waals surface area (Å²) in [6, 6.07) is 8.35. The van der Waals surface area contributed by atoms with E-state index in [9.17, 15) is 0 Å². The van der Waals surface area contributed by atoms with Crippen LogP contribution in [0.3, 0.4) is 0 Å². The van der Waals surface area contributed by atoms with Crippen LogP contribution in [0, 0.1) is 11.8 Å². The van der Waals surface area contributed by atoms with Crippen LogP contribution in [0.15, 0.2) is 24.3 Å². The summed E-state index contributed by atoms with van der Waals surface area (Å²) in [7, 11) is 0. The third-order valence-corrected chi connectivity index (χ3v) is 5.28. The minimum atomic E-state index is 0.892. The smallest absolute Gasteiger partial charge is 0.0636 e. The molecule has 1 aromatic carbocycles. The molecule has 1 saturated carbocycles. The van der Waals surface area contributed by atoms with Crippen molar-refractivity contribution in [2.24, 2.45) is 11.8 Å². The maximum Gasteiger partial charge on any atom is 0.0636 e. The average Bonchev–Trinajstić information content (AvgIpc) is 2.94. The Morgan fingerprint density at radius 3 is 2.88 bits per heavy atom. The first-order chi connectivity index (χ1) is 8.25. The lowest BCUT2D eigenvalue weighted by Gasteiger charge is -2.01. The molecule has 17 heavy (non-hydrogen) atoms. The van der Waals surface area contributed by atoms with Gasteiger partial charge in [0.1, 0.15) is 0 Å². The summed E-state index contributed by atoms with van der Waals surface area (Å²) in [6.45, 7) is 4.35. The third kappa shape index (κ3) is 2.35. The molecule has 1 N–H and O–H groups in total. The van der Waals surface area contributed by atoms with E-state index in [1.54, 1.807) is 11.3 Å². The zero-order valence-corrected chi connectivity index (χ0v) is 11.4. The Kier molecular flexibility index (Phi) is 3.12. The van der Waals surface area contributed by atoms with E-state index in [1.807, 2.05) is 6.07 Å². The number of thiophene rings is 1. The first-order valence-corrected chi connectivity index (χ1v) is 7.32. The van der Waals surface area contributed by atoms with Crippen LogP contribution in [0.4, 0.5) is 0 Å². The van der Waals surface area contributed by atoms with Crippen molar-refractivity contribution < 1.29 is 0 Å². The highest BCUT2D eigenvalue weighted by atomic mass is 35.5. The van der Waals surface area contributed by atoms with Gasteiger partial charge in [0.15, 0.2) is 0 Å². The molecule has 2 aromatic rings. The maximum absolute atomic E-state index is 6.39. The molecule has 0 spiro atoms. The quantitative estimate of drug-likeness (QED) is 0.869. The van der Waals surface area contributed by atoms with E-state index in [0.717, 1.165) is 29.9 Å². The van der Waals surface area contributed by atoms with Gasteiger partial charge < -0.3 is 5.32 Å². The van der Waals surface area contributed by atoms with Gasteiger partial charge in [0.05, 0.1) is 5.02 Å². The molecule has 0 saturated heterocycles. The van der Waals surface area contributed by atoms with E-state index >= 15 is 0 Å². The lowest BCUT2D eigenvalue weighted by molar-refractivity contribution is 0.616. The third-order valence-electron chi connectivity index (χ3n) is 3.57. The van der Waals surface area contributed by atoms with Gasteiger partial charge in [-0.15, -0.1) is 11.3 Å². The molecule has 1 aliphatic rings. The van der Waals surface area contributed by atoms with Crippen LogP contribution in [0.2, 0.25) is 5.02 Å². The second-order valence-electron chi connectivity index (χ2n) is 4.94. The fourth-order valence-electron chi connectivity index (χ4n) is 2.23. The molecular formula is C14H16ClNS. The van der Waals surface area contributed by atoms with E-state index < -0.39 is 0 Å². The first-order valence-electron chi connectivity index (χ1n) is 6.12. The minimum absolute atomic E-state index is 0.892. The van der Waals surface area contributed by atoms with Gasteiger partial charge in [-0.1, -0.05) is 36.7 Å². The van der Waals surface area contributed by atoms with Gasteiger partial charge in [-0.05, 0) is 30.9 Å². The highest BCUT2D eigenvalue weighted by molar-refractivity contribution is 7.19. The van der Waals surface area contributed by atoms with Crippen LogP contribution < -0.4 is 5.32 Å². The second kappa shape index (κ2) is 4.60. The van der Waals surface area contributed by atoms with Crippen molar-refractivity contribution in [3.63, 3.8) is 0 Å². The number of rotatable bonds is 4. The highest BCUT2D eigenvalue weighted by Gasteiger charge is 2.31. The van der Waals surface area contributed by atoms with Gasteiger partial charge >= 0.3 is 0 Å². The Morgan fingerprint density at radius 1 is 1.41 bits per heavy atom. The van der Waals surface area contributed by atoms with Crippen molar-refractivity contribution in [3.8, 4) is 0 Å². The largest absolute Gasteiger partial charge is 0.312 e. The molecule has 2 unspecified atom stereocenters. The normalized spacial score (nSPS) is 23.2. The van der Waals surface area contributed by atoms with Gasteiger partial charge in [-0.25, -0.2) is 0 Å². The van der Waals surface area contributed by atoms with Crippen molar-refractivity contribution in [1.82, 2.24) is 5.32 Å². The van der Waals surface area contributed by atoms with Crippen molar-refractivity contribution in [3.05, 3.63) is 34.2 Å². The Labute approximate surface area is 111 Å². The zero-order valence-electron chi connectivity index (χ0n) is 9.87. The SMILES string of the molecule is CC1CC1CNCc1sc2ccccc2c1Cl. The molecule has 2 atom stereocenters. The Balaban J connectivity index is 1.69. The van der Waals surface area contributed by atoms with Gasteiger partial charge in [0, 0.05) is 21.5 Å². The van der Waals surface area contributed by atoms with Gasteiger partial charge in [0.25, 0.3) is 0 Å². The van der Waals surface area contributed by atoms with Crippen LogP contribution in [0.5, 0.6) is 0 Å². The lowest BCUT2D eigenvalue weighted by Crippen LogP contribution is -2.16. The Bertz CT molecular complexity index is 534. The molecule has 0 bridgehead atoms. The minimum Gasteiger partial charge on any atom is -0.312 e. The predicted molar refractivity (Wildman–Crippen MR) is 75.8 cm³/mol. The Morgan fingerprint density at radius 2 is 2.18 bits per heavy atom. The number of nitrogens with one attached hydrogen (secondary N) is 1. The topological polar surface area (TPSA) is 12.0 Å². The molecule has 1 heterocycles. The van der Waals surface area contributed by atoms with Crippen molar-refractivity contribution in [2.45, 2.75) is 19.9 Å². The summed E-state index contributed by atoms with van der Waals surface area (Å²) >= 11 is 8.19. The van der Waals surface area contributed by atoms with Gasteiger partial charge in [0.2, 0.25) is 0 Å². The molecule has 1 aromatic heterocycles. The summed E-state index contributed by atoms with van der Waals surface area (Å²) in [4.78, 5) is 1.26. The molecular weight excluding hydrogens is 250 g/mol. The number of halogens is 1. The summed E-state index contributed by atoms with van der Waals surface area (Å²) in [6.07, 6.45) is 1.38. The summed E-state index contributed by atoms with van der Waals surface area (Å²) in [5, 5.41) is 5.64. The number of fused-ring (bicyclic) bond motifs is 1. The van der Waals surface area contributed by atoms with Crippen molar-refractivity contribution in [1.29, 1.82) is 0 Å². The summed E-state index contributed by atoms with van der Waals surface area (Å²) in [5.74, 6) is 1.81. The van der Waals surface area contributed by atoms with Crippen LogP contribution in [-0.4, -0.2) is 6.54 Å². The van der Waals surface area contributed by atoms with E-state index in [2.05, 4.69) is 30.4 Å². The molecule has 0 amide bonds. The number of benzene rings is 1. The molecule has 90 valence electrons. The monoisotopic (exact) mass is 265 g/mol. The van der Waals surface area contributed by atoms with E-state index in [1.165, 1.54) is 21.4 Å². The fraction of sp³-hybridized carbons (Fsp3) is 0.429. The molecule has 3 rings (SSSR count). The number of hydrogen-bond acceptors (Lipinski definition) is 2. The summed E-state index contributed by atoms with van der Waals surface area (Å²) < 4.78 is 1.29. The van der Waals surface area contributed by atoms with E-state index in [-0.39, 0.29) is 0 Å². The molecule has 1 fully saturated rings. The van der Waals surface area contributed by atoms with Crippen LogP contribution in [0.1, 0.15) is 18.2 Å². The standard InChI is InChI=1S/C14H16ClNS/c1-9-6-10(9)7-16-8-13-14(15)11-4-2-3-5-12(11)17-13/h2-5,9-10,16H,6-8H2,1H3. The van der Waals surface area contributed by atoms with E-state index in [4.69, 9.17) is 11.6 Å². The van der Waals surface area contributed by atoms with Gasteiger partial charge in [-0.3, -0.25) is 0 Å². The Hall–Kier alpha value is -0.570. The van der Waals surface area contributed by atoms with Gasteiger partial charge in [-0.2, -0.15) is 0 Å². The maximum atomic E-state index is 6.39. The molecule has 1 nitrogen and oxygen atoms in total. The van der Waals surface area contributed by atoms with Crippen molar-refractivity contribution >= 4 is 33.0 Å². The zero-order chi connectivity index (χ0) is 11.8. The van der Waals surface area contributed by atoms with Crippen LogP contribution in [-0.2, 0) is 6.54 Å². The predicted octanol–water partition coefficient (Wildman–Crippen LogP) is 4.30. The fourth-order valence-corrected chi connectivity index (χ4v) is 3.70. The average molecular weight is 266 g/mol. The summed E-state index contributed by atoms with van der Waals surface area (Å²) in [5.41, 5.74) is 0. The number of hydrogen-bond donors (Lipinski definition) is 1. The van der Waals surface area contributed by atoms with Crippen LogP contribution in [0.25, 0.3) is 10.1 Å². The molecule has 0 radical (unpaired) electrons. The highest BCUT2D eigenvalue weighted by Crippen LogP contribution is 2.38. The first kappa shape index (κ1) is 11.5. The van der Waals surface area contributed by atoms with E-state index in [0.29, 0.717) is 0 Å². The molecule has 1 aliphatic carbocycles.